The highest BCUT2D eigenvalue weighted by Crippen LogP contribution is 2.11. The summed E-state index contributed by atoms with van der Waals surface area (Å²) in [5.74, 6) is -1.63. The number of nitrogens with one attached hydrogen (secondary N) is 1. The molecule has 0 heterocycles. The smallest absolute Gasteiger partial charge is 0.322 e. The predicted molar refractivity (Wildman–Crippen MR) is 83.9 cm³/mol. The maximum Gasteiger partial charge on any atom is 0.322 e. The molecule has 0 aliphatic rings. The van der Waals surface area contributed by atoms with Gasteiger partial charge in [-0.2, -0.15) is 0 Å². The predicted octanol–water partition coefficient (Wildman–Crippen LogP) is 2.58. The minimum absolute atomic E-state index is 0.00433. The highest BCUT2D eigenvalue weighted by Gasteiger charge is 2.10. The molecule has 1 aromatic rings. The lowest BCUT2D eigenvalue weighted by atomic mass is 10.0. The fourth-order valence-corrected chi connectivity index (χ4v) is 2.07. The van der Waals surface area contributed by atoms with Crippen molar-refractivity contribution >= 4 is 17.7 Å². The lowest BCUT2D eigenvalue weighted by Crippen LogP contribution is -2.29. The van der Waals surface area contributed by atoms with E-state index in [1.807, 2.05) is 12.1 Å². The first-order valence-corrected chi connectivity index (χ1v) is 7.63. The second-order valence-corrected chi connectivity index (χ2v) is 5.25. The van der Waals surface area contributed by atoms with Crippen LogP contribution in [0.2, 0.25) is 0 Å². The first-order valence-electron chi connectivity index (χ1n) is 7.63. The van der Waals surface area contributed by atoms with Crippen LogP contribution in [0.1, 0.15) is 54.9 Å². The van der Waals surface area contributed by atoms with Gasteiger partial charge in [0.05, 0.1) is 0 Å². The molecule has 2 N–H and O–H groups in total. The summed E-state index contributed by atoms with van der Waals surface area (Å²) in [7, 11) is 0. The Kier molecular flexibility index (Phi) is 7.89. The van der Waals surface area contributed by atoms with E-state index in [1.54, 1.807) is 12.1 Å². The maximum atomic E-state index is 12.0. The topological polar surface area (TPSA) is 83.5 Å². The van der Waals surface area contributed by atoms with E-state index in [0.29, 0.717) is 5.56 Å². The van der Waals surface area contributed by atoms with Gasteiger partial charge in [0.1, 0.15) is 6.54 Å². The van der Waals surface area contributed by atoms with Crippen LogP contribution >= 0.6 is 0 Å². The van der Waals surface area contributed by atoms with Gasteiger partial charge in [-0.3, -0.25) is 14.4 Å². The van der Waals surface area contributed by atoms with Gasteiger partial charge in [0.25, 0.3) is 0 Å². The van der Waals surface area contributed by atoms with E-state index in [-0.39, 0.29) is 18.6 Å². The lowest BCUT2D eigenvalue weighted by Gasteiger charge is -2.04. The zero-order valence-electron chi connectivity index (χ0n) is 12.9. The van der Waals surface area contributed by atoms with Crippen molar-refractivity contribution in [2.45, 2.75) is 45.4 Å². The summed E-state index contributed by atoms with van der Waals surface area (Å²) < 4.78 is 0. The zero-order valence-corrected chi connectivity index (χ0v) is 12.9. The third-order valence-electron chi connectivity index (χ3n) is 3.36. The van der Waals surface area contributed by atoms with Crippen LogP contribution < -0.4 is 5.32 Å². The Morgan fingerprint density at radius 1 is 1.05 bits per heavy atom. The molecule has 120 valence electrons. The number of carboxylic acids is 1. The van der Waals surface area contributed by atoms with Gasteiger partial charge < -0.3 is 10.4 Å². The van der Waals surface area contributed by atoms with Crippen molar-refractivity contribution in [2.75, 3.05) is 6.54 Å². The van der Waals surface area contributed by atoms with Crippen LogP contribution in [0, 0.1) is 0 Å². The Labute approximate surface area is 130 Å². The molecule has 5 heteroatoms. The molecule has 0 aromatic heterocycles. The third kappa shape index (κ3) is 7.02. The Bertz CT molecular complexity index is 508. The van der Waals surface area contributed by atoms with Gasteiger partial charge in [-0.25, -0.2) is 0 Å². The molecule has 5 nitrogen and oxygen atoms in total. The molecular formula is C17H23NO4. The number of ketones is 1. The summed E-state index contributed by atoms with van der Waals surface area (Å²) in [6, 6.07) is 7.48. The molecule has 0 saturated carbocycles. The van der Waals surface area contributed by atoms with Gasteiger partial charge in [-0.05, 0) is 18.4 Å². The molecule has 1 aromatic carbocycles. The van der Waals surface area contributed by atoms with E-state index >= 15 is 0 Å². The molecule has 0 radical (unpaired) electrons. The fraction of sp³-hybridized carbons (Fsp3) is 0.471. The lowest BCUT2D eigenvalue weighted by molar-refractivity contribution is -0.137. The van der Waals surface area contributed by atoms with Crippen LogP contribution in [-0.4, -0.2) is 29.3 Å². The van der Waals surface area contributed by atoms with E-state index in [4.69, 9.17) is 5.11 Å². The van der Waals surface area contributed by atoms with Crippen molar-refractivity contribution < 1.29 is 19.5 Å². The standard InChI is InChI=1S/C17H23NO4/c1-2-3-4-5-13-6-8-14(9-7-13)15(19)10-11-16(20)18-12-17(21)22/h6-9H,2-5,10-12H2,1H3,(H,18,20)(H,21,22). The Balaban J connectivity index is 2.39. The van der Waals surface area contributed by atoms with Crippen molar-refractivity contribution in [3.05, 3.63) is 35.4 Å². The number of carboxylic acid groups (broad SMARTS) is 1. The second-order valence-electron chi connectivity index (χ2n) is 5.25. The first kappa shape index (κ1) is 17.9. The van der Waals surface area contributed by atoms with Crippen molar-refractivity contribution in [2.24, 2.45) is 0 Å². The Hall–Kier alpha value is -2.17. The van der Waals surface area contributed by atoms with Crippen LogP contribution in [0.3, 0.4) is 0 Å². The second kappa shape index (κ2) is 9.71. The summed E-state index contributed by atoms with van der Waals surface area (Å²) in [5, 5.41) is 10.7. The largest absolute Gasteiger partial charge is 0.480 e. The number of Topliss-reactive ketones (excluding diaryl/α,β-unsaturated/α-hetero) is 1. The number of aliphatic carboxylic acids is 1. The van der Waals surface area contributed by atoms with Crippen molar-refractivity contribution in [1.82, 2.24) is 5.32 Å². The number of carbonyl (C=O) groups excluding carboxylic acids is 2. The number of aryl methyl sites for hydroxylation is 1. The number of carbonyl (C=O) groups is 3. The summed E-state index contributed by atoms with van der Waals surface area (Å²) in [5.41, 5.74) is 1.80. The average Bonchev–Trinajstić information content (AvgIpc) is 2.51. The highest BCUT2D eigenvalue weighted by molar-refractivity contribution is 5.98. The molecule has 0 atom stereocenters. The Morgan fingerprint density at radius 3 is 2.32 bits per heavy atom. The van der Waals surface area contributed by atoms with Crippen molar-refractivity contribution in [3.8, 4) is 0 Å². The molecular weight excluding hydrogens is 282 g/mol. The van der Waals surface area contributed by atoms with Gasteiger partial charge in [0.2, 0.25) is 5.91 Å². The first-order chi connectivity index (χ1) is 10.5. The van der Waals surface area contributed by atoms with Crippen molar-refractivity contribution in [3.63, 3.8) is 0 Å². The summed E-state index contributed by atoms with van der Waals surface area (Å²) >= 11 is 0. The van der Waals surface area contributed by atoms with E-state index in [0.717, 1.165) is 12.8 Å². The number of benzene rings is 1. The molecule has 0 aliphatic heterocycles. The summed E-state index contributed by atoms with van der Waals surface area (Å²) in [6.07, 6.45) is 4.63. The van der Waals surface area contributed by atoms with Gasteiger partial charge in [-0.1, -0.05) is 44.0 Å². The number of rotatable bonds is 10. The third-order valence-corrected chi connectivity index (χ3v) is 3.36. The normalized spacial score (nSPS) is 10.2. The molecule has 0 fully saturated rings. The number of unbranched alkanes of at least 4 members (excludes halogenated alkanes) is 2. The fourth-order valence-electron chi connectivity index (χ4n) is 2.07. The quantitative estimate of drug-likeness (QED) is 0.514. The molecule has 1 rings (SSSR count). The molecule has 0 aliphatic carbocycles. The van der Waals surface area contributed by atoms with Gasteiger partial charge in [0, 0.05) is 18.4 Å². The maximum absolute atomic E-state index is 12.0. The van der Waals surface area contributed by atoms with Crippen molar-refractivity contribution in [1.29, 1.82) is 0 Å². The van der Waals surface area contributed by atoms with Crippen LogP contribution in [0.4, 0.5) is 0 Å². The van der Waals surface area contributed by atoms with E-state index in [2.05, 4.69) is 12.2 Å². The number of hydrogen-bond acceptors (Lipinski definition) is 3. The van der Waals surface area contributed by atoms with Gasteiger partial charge in [-0.15, -0.1) is 0 Å². The average molecular weight is 305 g/mol. The van der Waals surface area contributed by atoms with E-state index in [9.17, 15) is 14.4 Å². The number of amides is 1. The highest BCUT2D eigenvalue weighted by atomic mass is 16.4. The molecule has 1 amide bonds. The minimum Gasteiger partial charge on any atom is -0.480 e. The van der Waals surface area contributed by atoms with Gasteiger partial charge in [0.15, 0.2) is 5.78 Å². The Morgan fingerprint density at radius 2 is 1.73 bits per heavy atom. The summed E-state index contributed by atoms with van der Waals surface area (Å²) in [6.45, 7) is 1.74. The SMILES string of the molecule is CCCCCc1ccc(C(=O)CCC(=O)NCC(=O)O)cc1. The molecule has 0 saturated heterocycles. The minimum atomic E-state index is -1.10. The van der Waals surface area contributed by atoms with Crippen LogP contribution in [0.5, 0.6) is 0 Å². The van der Waals surface area contributed by atoms with E-state index in [1.165, 1.54) is 18.4 Å². The zero-order chi connectivity index (χ0) is 16.4. The monoisotopic (exact) mass is 305 g/mol. The molecule has 0 spiro atoms. The van der Waals surface area contributed by atoms with Gasteiger partial charge >= 0.3 is 5.97 Å². The van der Waals surface area contributed by atoms with Crippen LogP contribution in [0.15, 0.2) is 24.3 Å². The molecule has 22 heavy (non-hydrogen) atoms. The van der Waals surface area contributed by atoms with Crippen LogP contribution in [0.25, 0.3) is 0 Å². The summed E-state index contributed by atoms with van der Waals surface area (Å²) in [4.78, 5) is 33.6. The molecule has 0 unspecified atom stereocenters. The number of hydrogen-bond donors (Lipinski definition) is 2. The molecule has 0 bridgehead atoms. The van der Waals surface area contributed by atoms with Crippen LogP contribution in [-0.2, 0) is 16.0 Å². The van der Waals surface area contributed by atoms with E-state index < -0.39 is 18.4 Å².